The molecule has 2 aromatic rings. The average Bonchev–Trinajstić information content (AvgIpc) is 2.60. The summed E-state index contributed by atoms with van der Waals surface area (Å²) in [5.74, 6) is 0.468. The van der Waals surface area contributed by atoms with Crippen molar-refractivity contribution < 1.29 is 4.39 Å². The van der Waals surface area contributed by atoms with Crippen LogP contribution in [0.3, 0.4) is 0 Å². The van der Waals surface area contributed by atoms with E-state index in [1.54, 1.807) is 42.1 Å². The molecule has 6 heteroatoms. The Morgan fingerprint density at radius 2 is 1.92 bits per heavy atom. The molecule has 0 fully saturated rings. The van der Waals surface area contributed by atoms with Crippen molar-refractivity contribution in [2.75, 3.05) is 13.6 Å². The highest BCUT2D eigenvalue weighted by molar-refractivity contribution is 5.79. The maximum Gasteiger partial charge on any atom is 0.250 e. The number of hydrogen-bond acceptors (Lipinski definition) is 2. The van der Waals surface area contributed by atoms with Crippen LogP contribution in [0.25, 0.3) is 0 Å². The van der Waals surface area contributed by atoms with Crippen molar-refractivity contribution in [2.24, 2.45) is 4.99 Å². The molecule has 1 aromatic heterocycles. The smallest absolute Gasteiger partial charge is 0.250 e. The van der Waals surface area contributed by atoms with Gasteiger partial charge in [0.15, 0.2) is 5.96 Å². The van der Waals surface area contributed by atoms with Crippen LogP contribution in [-0.2, 0) is 13.1 Å². The van der Waals surface area contributed by atoms with Gasteiger partial charge in [-0.3, -0.25) is 9.79 Å². The summed E-state index contributed by atoms with van der Waals surface area (Å²) in [6, 6.07) is 11.6. The molecule has 2 N–H and O–H groups in total. The first-order valence-corrected chi connectivity index (χ1v) is 8.03. The van der Waals surface area contributed by atoms with Crippen molar-refractivity contribution in [3.05, 3.63) is 70.4 Å². The first-order chi connectivity index (χ1) is 11.7. The van der Waals surface area contributed by atoms with E-state index in [0.29, 0.717) is 19.0 Å². The second-order valence-electron chi connectivity index (χ2n) is 5.42. The molecule has 0 spiro atoms. The fraction of sp³-hybridized carbons (Fsp3) is 0.333. The zero-order valence-corrected chi connectivity index (χ0v) is 13.8. The summed E-state index contributed by atoms with van der Waals surface area (Å²) in [6.07, 6.45) is 3.64. The van der Waals surface area contributed by atoms with E-state index < -0.39 is 0 Å². The van der Waals surface area contributed by atoms with E-state index in [4.69, 9.17) is 0 Å². The summed E-state index contributed by atoms with van der Waals surface area (Å²) >= 11 is 0. The van der Waals surface area contributed by atoms with Crippen molar-refractivity contribution in [1.82, 2.24) is 15.2 Å². The zero-order valence-electron chi connectivity index (χ0n) is 13.8. The third-order valence-corrected chi connectivity index (χ3v) is 3.61. The second-order valence-corrected chi connectivity index (χ2v) is 5.42. The van der Waals surface area contributed by atoms with Gasteiger partial charge in [-0.2, -0.15) is 0 Å². The Kier molecular flexibility index (Phi) is 7.01. The molecule has 1 heterocycles. The van der Waals surface area contributed by atoms with Crippen LogP contribution in [0.15, 0.2) is 58.4 Å². The number of nitrogens with one attached hydrogen (secondary N) is 2. The summed E-state index contributed by atoms with van der Waals surface area (Å²) in [7, 11) is 1.71. The van der Waals surface area contributed by atoms with E-state index in [0.717, 1.165) is 24.9 Å². The summed E-state index contributed by atoms with van der Waals surface area (Å²) in [5, 5.41) is 6.41. The summed E-state index contributed by atoms with van der Waals surface area (Å²) in [4.78, 5) is 15.7. The van der Waals surface area contributed by atoms with Crippen LogP contribution in [0.4, 0.5) is 4.39 Å². The van der Waals surface area contributed by atoms with Gasteiger partial charge in [0.05, 0.1) is 0 Å². The first-order valence-electron chi connectivity index (χ1n) is 8.03. The van der Waals surface area contributed by atoms with Crippen molar-refractivity contribution in [2.45, 2.75) is 25.9 Å². The molecule has 2 rings (SSSR count). The molecule has 0 bridgehead atoms. The van der Waals surface area contributed by atoms with Crippen molar-refractivity contribution in [3.8, 4) is 0 Å². The van der Waals surface area contributed by atoms with Gasteiger partial charge in [0, 0.05) is 38.9 Å². The number of aromatic nitrogens is 1. The SMILES string of the molecule is CN=C(NCCCCn1ccccc1=O)NCc1ccc(F)cc1. The number of unbranched alkanes of at least 4 members (excludes halogenated alkanes) is 1. The fourth-order valence-electron chi connectivity index (χ4n) is 2.27. The molecule has 5 nitrogen and oxygen atoms in total. The number of aryl methyl sites for hydroxylation is 1. The van der Waals surface area contributed by atoms with Crippen LogP contribution in [0.2, 0.25) is 0 Å². The van der Waals surface area contributed by atoms with E-state index >= 15 is 0 Å². The highest BCUT2D eigenvalue weighted by atomic mass is 19.1. The molecule has 24 heavy (non-hydrogen) atoms. The predicted molar refractivity (Wildman–Crippen MR) is 94.5 cm³/mol. The lowest BCUT2D eigenvalue weighted by molar-refractivity contribution is 0.585. The molecule has 0 amide bonds. The molecule has 0 radical (unpaired) electrons. The van der Waals surface area contributed by atoms with Crippen LogP contribution < -0.4 is 16.2 Å². The van der Waals surface area contributed by atoms with Crippen molar-refractivity contribution in [1.29, 1.82) is 0 Å². The lowest BCUT2D eigenvalue weighted by Crippen LogP contribution is -2.37. The van der Waals surface area contributed by atoms with Gasteiger partial charge in [-0.05, 0) is 36.6 Å². The number of aliphatic imine (C=N–C) groups is 1. The average molecular weight is 330 g/mol. The maximum atomic E-state index is 12.9. The Hall–Kier alpha value is -2.63. The number of nitrogens with zero attached hydrogens (tertiary/aromatic N) is 2. The van der Waals surface area contributed by atoms with Gasteiger partial charge in [-0.15, -0.1) is 0 Å². The van der Waals surface area contributed by atoms with Gasteiger partial charge in [0.2, 0.25) is 5.56 Å². The van der Waals surface area contributed by atoms with Crippen LogP contribution >= 0.6 is 0 Å². The molecule has 0 saturated carbocycles. The summed E-state index contributed by atoms with van der Waals surface area (Å²) in [5.41, 5.74) is 1.02. The Labute approximate surface area is 141 Å². The highest BCUT2D eigenvalue weighted by Crippen LogP contribution is 2.01. The molecule has 0 aliphatic carbocycles. The lowest BCUT2D eigenvalue weighted by Gasteiger charge is -2.12. The normalized spacial score (nSPS) is 11.3. The second kappa shape index (κ2) is 9.50. The predicted octanol–water partition coefficient (Wildman–Crippen LogP) is 2.13. The minimum atomic E-state index is -0.237. The van der Waals surface area contributed by atoms with Gasteiger partial charge in [0.1, 0.15) is 5.82 Å². The third kappa shape index (κ3) is 5.87. The van der Waals surface area contributed by atoms with Crippen LogP contribution in [-0.4, -0.2) is 24.1 Å². The van der Waals surface area contributed by atoms with E-state index in [-0.39, 0.29) is 11.4 Å². The molecule has 0 saturated heterocycles. The molecular formula is C18H23FN4O. The minimum absolute atomic E-state index is 0.0298. The van der Waals surface area contributed by atoms with Gasteiger partial charge >= 0.3 is 0 Å². The highest BCUT2D eigenvalue weighted by Gasteiger charge is 1.99. The van der Waals surface area contributed by atoms with Crippen LogP contribution in [0.5, 0.6) is 0 Å². The van der Waals surface area contributed by atoms with Crippen molar-refractivity contribution in [3.63, 3.8) is 0 Å². The number of benzene rings is 1. The molecule has 0 atom stereocenters. The molecule has 0 aliphatic heterocycles. The number of hydrogen-bond donors (Lipinski definition) is 2. The van der Waals surface area contributed by atoms with E-state index in [9.17, 15) is 9.18 Å². The Balaban J connectivity index is 1.65. The van der Waals surface area contributed by atoms with Crippen LogP contribution in [0, 0.1) is 5.82 Å². The standard InChI is InChI=1S/C18H23FN4O/c1-20-18(22-14-15-7-9-16(19)10-8-15)21-11-3-5-13-23-12-4-2-6-17(23)24/h2,4,6-10,12H,3,5,11,13-14H2,1H3,(H2,20,21,22). The van der Waals surface area contributed by atoms with Gasteiger partial charge < -0.3 is 15.2 Å². The fourth-order valence-corrected chi connectivity index (χ4v) is 2.27. The maximum absolute atomic E-state index is 12.9. The first kappa shape index (κ1) is 17.7. The van der Waals surface area contributed by atoms with E-state index in [1.165, 1.54) is 12.1 Å². The van der Waals surface area contributed by atoms with Gasteiger partial charge in [0.25, 0.3) is 0 Å². The quantitative estimate of drug-likeness (QED) is 0.464. The molecule has 128 valence electrons. The number of guanidine groups is 1. The topological polar surface area (TPSA) is 58.4 Å². The van der Waals surface area contributed by atoms with Crippen molar-refractivity contribution >= 4 is 5.96 Å². The minimum Gasteiger partial charge on any atom is -0.356 e. The van der Waals surface area contributed by atoms with Gasteiger partial charge in [-0.1, -0.05) is 18.2 Å². The van der Waals surface area contributed by atoms with Crippen LogP contribution in [0.1, 0.15) is 18.4 Å². The Bertz CT molecular complexity index is 709. The van der Waals surface area contributed by atoms with E-state index in [2.05, 4.69) is 15.6 Å². The summed E-state index contributed by atoms with van der Waals surface area (Å²) in [6.45, 7) is 2.06. The summed E-state index contributed by atoms with van der Waals surface area (Å²) < 4.78 is 14.6. The monoisotopic (exact) mass is 330 g/mol. The lowest BCUT2D eigenvalue weighted by atomic mass is 10.2. The number of halogens is 1. The Morgan fingerprint density at radius 1 is 1.12 bits per heavy atom. The van der Waals surface area contributed by atoms with Gasteiger partial charge in [-0.25, -0.2) is 4.39 Å². The molecule has 0 unspecified atom stereocenters. The third-order valence-electron chi connectivity index (χ3n) is 3.61. The largest absolute Gasteiger partial charge is 0.356 e. The Morgan fingerprint density at radius 3 is 2.62 bits per heavy atom. The molecular weight excluding hydrogens is 307 g/mol. The van der Waals surface area contributed by atoms with E-state index in [1.807, 2.05) is 6.07 Å². The zero-order chi connectivity index (χ0) is 17.2. The molecule has 1 aromatic carbocycles. The number of pyridine rings is 1. The number of rotatable bonds is 7. The molecule has 0 aliphatic rings.